The molecular formula is C46H29N3O2. The maximum atomic E-state index is 6.34. The molecule has 0 atom stereocenters. The van der Waals surface area contributed by atoms with Gasteiger partial charge in [0.2, 0.25) is 0 Å². The minimum atomic E-state index is -0.202. The Morgan fingerprint density at radius 3 is 1.55 bits per heavy atom. The van der Waals surface area contributed by atoms with Crippen molar-refractivity contribution in [2.24, 2.45) is 0 Å². The lowest BCUT2D eigenvalue weighted by atomic mass is 9.81. The van der Waals surface area contributed by atoms with Crippen molar-refractivity contribution in [3.8, 4) is 45.3 Å². The Bertz CT molecular complexity index is 2940. The molecule has 0 bridgehead atoms. The molecule has 3 aromatic heterocycles. The maximum absolute atomic E-state index is 6.34. The molecular weight excluding hydrogens is 627 g/mol. The van der Waals surface area contributed by atoms with Gasteiger partial charge < -0.3 is 8.83 Å². The standard InChI is InChI=1S/C46H29N3O2/c1-46(2)33-20-8-5-15-28(33)41-34(46)25-26-13-3-4-14-27(26)42(41)45-48-43(31-18-11-23-37-39(31)29-16-6-9-21-35(29)50-37)47-44(49-45)32-19-12-24-38-40(32)30-17-7-10-22-36(30)51-38/h3-25H,1-2H3. The van der Waals surface area contributed by atoms with Crippen LogP contribution in [0.25, 0.3) is 99.9 Å². The van der Waals surface area contributed by atoms with Crippen LogP contribution in [0.1, 0.15) is 25.0 Å². The van der Waals surface area contributed by atoms with Gasteiger partial charge in [-0.05, 0) is 63.4 Å². The minimum absolute atomic E-state index is 0.202. The highest BCUT2D eigenvalue weighted by Crippen LogP contribution is 2.54. The van der Waals surface area contributed by atoms with Crippen LogP contribution >= 0.6 is 0 Å². The molecule has 0 aliphatic heterocycles. The van der Waals surface area contributed by atoms with E-state index in [9.17, 15) is 0 Å². The molecule has 10 aromatic rings. The molecule has 11 rings (SSSR count). The third-order valence-electron chi connectivity index (χ3n) is 10.7. The van der Waals surface area contributed by atoms with Crippen LogP contribution in [0, 0.1) is 0 Å². The first-order valence-corrected chi connectivity index (χ1v) is 17.3. The second-order valence-electron chi connectivity index (χ2n) is 13.9. The number of benzene rings is 7. The van der Waals surface area contributed by atoms with Gasteiger partial charge in [-0.3, -0.25) is 0 Å². The Hall–Kier alpha value is -6.59. The fourth-order valence-corrected chi connectivity index (χ4v) is 8.39. The molecule has 0 saturated heterocycles. The Morgan fingerprint density at radius 1 is 0.412 bits per heavy atom. The third kappa shape index (κ3) is 3.94. The van der Waals surface area contributed by atoms with Gasteiger partial charge >= 0.3 is 0 Å². The number of para-hydroxylation sites is 2. The Kier molecular flexibility index (Phi) is 5.66. The van der Waals surface area contributed by atoms with Crippen molar-refractivity contribution in [2.45, 2.75) is 19.3 Å². The van der Waals surface area contributed by atoms with Crippen molar-refractivity contribution in [3.05, 3.63) is 151 Å². The molecule has 1 aliphatic carbocycles. The summed E-state index contributed by atoms with van der Waals surface area (Å²) in [5, 5.41) is 6.27. The summed E-state index contributed by atoms with van der Waals surface area (Å²) in [6.07, 6.45) is 0. The number of hydrogen-bond donors (Lipinski definition) is 0. The Labute approximate surface area is 292 Å². The lowest BCUT2D eigenvalue weighted by molar-refractivity contribution is 0.661. The second-order valence-corrected chi connectivity index (χ2v) is 13.9. The van der Waals surface area contributed by atoms with Gasteiger partial charge in [-0.1, -0.05) is 123 Å². The van der Waals surface area contributed by atoms with Crippen LogP contribution in [0.15, 0.2) is 148 Å². The van der Waals surface area contributed by atoms with E-state index in [1.54, 1.807) is 0 Å². The highest BCUT2D eigenvalue weighted by atomic mass is 16.3. The van der Waals surface area contributed by atoms with Crippen molar-refractivity contribution in [3.63, 3.8) is 0 Å². The molecule has 0 spiro atoms. The molecule has 0 radical (unpaired) electrons. The lowest BCUT2D eigenvalue weighted by Crippen LogP contribution is -2.15. The fraction of sp³-hybridized carbons (Fsp3) is 0.0652. The van der Waals surface area contributed by atoms with Crippen LogP contribution in [0.5, 0.6) is 0 Å². The molecule has 5 nitrogen and oxygen atoms in total. The molecule has 0 saturated carbocycles. The van der Waals surface area contributed by atoms with E-state index in [1.807, 2.05) is 60.7 Å². The molecule has 5 heteroatoms. The summed E-state index contributed by atoms with van der Waals surface area (Å²) in [6.45, 7) is 4.63. The Morgan fingerprint density at radius 2 is 0.902 bits per heavy atom. The normalized spacial score (nSPS) is 13.5. The summed E-state index contributed by atoms with van der Waals surface area (Å²) in [5.74, 6) is 1.80. The Balaban J connectivity index is 1.30. The van der Waals surface area contributed by atoms with E-state index in [0.717, 1.165) is 71.3 Å². The first-order chi connectivity index (χ1) is 25.0. The van der Waals surface area contributed by atoms with E-state index in [0.29, 0.717) is 17.5 Å². The maximum Gasteiger partial charge on any atom is 0.165 e. The molecule has 0 amide bonds. The van der Waals surface area contributed by atoms with E-state index in [1.165, 1.54) is 22.3 Å². The monoisotopic (exact) mass is 655 g/mol. The molecule has 3 heterocycles. The van der Waals surface area contributed by atoms with E-state index in [-0.39, 0.29) is 5.41 Å². The number of hydrogen-bond acceptors (Lipinski definition) is 5. The summed E-state index contributed by atoms with van der Waals surface area (Å²) < 4.78 is 12.7. The molecule has 0 N–H and O–H groups in total. The predicted octanol–water partition coefficient (Wildman–Crippen LogP) is 12.1. The smallest absolute Gasteiger partial charge is 0.165 e. The van der Waals surface area contributed by atoms with Crippen molar-refractivity contribution in [1.29, 1.82) is 0 Å². The summed E-state index contributed by atoms with van der Waals surface area (Å²) in [5.41, 5.74) is 10.8. The average Bonchev–Trinajstić information content (AvgIpc) is 3.82. The van der Waals surface area contributed by atoms with Crippen molar-refractivity contribution in [2.75, 3.05) is 0 Å². The fourth-order valence-electron chi connectivity index (χ4n) is 8.39. The summed E-state index contributed by atoms with van der Waals surface area (Å²) in [7, 11) is 0. The number of rotatable bonds is 3. The summed E-state index contributed by atoms with van der Waals surface area (Å²) in [6, 6.07) is 48.2. The molecule has 51 heavy (non-hydrogen) atoms. The topological polar surface area (TPSA) is 65.0 Å². The van der Waals surface area contributed by atoms with Gasteiger partial charge in [0.1, 0.15) is 22.3 Å². The summed E-state index contributed by atoms with van der Waals surface area (Å²) in [4.78, 5) is 16.2. The predicted molar refractivity (Wildman–Crippen MR) is 206 cm³/mol. The van der Waals surface area contributed by atoms with Crippen LogP contribution in [0.2, 0.25) is 0 Å². The number of furan rings is 2. The highest BCUT2D eigenvalue weighted by Gasteiger charge is 2.38. The van der Waals surface area contributed by atoms with E-state index in [4.69, 9.17) is 23.8 Å². The quantitative estimate of drug-likeness (QED) is 0.189. The second kappa shape index (κ2) is 10.2. The SMILES string of the molecule is CC1(C)c2ccccc2-c2c1cc1ccccc1c2-c1nc(-c2cccc3oc4ccccc4c23)nc(-c2cccc3oc4ccccc4c23)n1. The van der Waals surface area contributed by atoms with Gasteiger partial charge in [-0.2, -0.15) is 0 Å². The molecule has 240 valence electrons. The minimum Gasteiger partial charge on any atom is -0.456 e. The van der Waals surface area contributed by atoms with Crippen LogP contribution < -0.4 is 0 Å². The van der Waals surface area contributed by atoms with Crippen LogP contribution in [0.4, 0.5) is 0 Å². The van der Waals surface area contributed by atoms with Crippen molar-refractivity contribution >= 4 is 54.6 Å². The van der Waals surface area contributed by atoms with Crippen molar-refractivity contribution in [1.82, 2.24) is 15.0 Å². The lowest BCUT2D eigenvalue weighted by Gasteiger charge is -2.22. The zero-order valence-corrected chi connectivity index (χ0v) is 27.9. The van der Waals surface area contributed by atoms with Gasteiger partial charge in [0, 0.05) is 43.7 Å². The molecule has 7 aromatic carbocycles. The average molecular weight is 656 g/mol. The van der Waals surface area contributed by atoms with E-state index < -0.39 is 0 Å². The highest BCUT2D eigenvalue weighted by molar-refractivity contribution is 6.14. The van der Waals surface area contributed by atoms with Crippen LogP contribution in [-0.4, -0.2) is 15.0 Å². The van der Waals surface area contributed by atoms with E-state index >= 15 is 0 Å². The van der Waals surface area contributed by atoms with Gasteiger partial charge in [0.15, 0.2) is 17.5 Å². The largest absolute Gasteiger partial charge is 0.456 e. The van der Waals surface area contributed by atoms with Gasteiger partial charge in [-0.25, -0.2) is 15.0 Å². The van der Waals surface area contributed by atoms with Gasteiger partial charge in [-0.15, -0.1) is 0 Å². The third-order valence-corrected chi connectivity index (χ3v) is 10.7. The zero-order valence-electron chi connectivity index (χ0n) is 27.9. The van der Waals surface area contributed by atoms with E-state index in [2.05, 4.69) is 92.7 Å². The summed E-state index contributed by atoms with van der Waals surface area (Å²) >= 11 is 0. The van der Waals surface area contributed by atoms with Gasteiger partial charge in [0.05, 0.1) is 0 Å². The first kappa shape index (κ1) is 28.3. The van der Waals surface area contributed by atoms with Crippen molar-refractivity contribution < 1.29 is 8.83 Å². The van der Waals surface area contributed by atoms with Crippen LogP contribution in [0.3, 0.4) is 0 Å². The zero-order chi connectivity index (χ0) is 33.8. The molecule has 0 unspecified atom stereocenters. The van der Waals surface area contributed by atoms with Crippen LogP contribution in [-0.2, 0) is 5.41 Å². The molecule has 0 fully saturated rings. The van der Waals surface area contributed by atoms with Gasteiger partial charge in [0.25, 0.3) is 0 Å². The number of fused-ring (bicyclic) bond motifs is 10. The number of nitrogens with zero attached hydrogens (tertiary/aromatic N) is 3. The first-order valence-electron chi connectivity index (χ1n) is 17.3. The number of aromatic nitrogens is 3. The molecule has 1 aliphatic rings.